The molecule has 6 heteroatoms. The number of nitrogens with zero attached hydrogens (tertiary/aromatic N) is 2. The summed E-state index contributed by atoms with van der Waals surface area (Å²) in [6.07, 6.45) is 0. The molecule has 0 saturated carbocycles. The van der Waals surface area contributed by atoms with Crippen LogP contribution in [0.5, 0.6) is 0 Å². The first-order valence-electron chi connectivity index (χ1n) is 5.22. The van der Waals surface area contributed by atoms with Gasteiger partial charge in [0.15, 0.2) is 0 Å². The van der Waals surface area contributed by atoms with Crippen LogP contribution in [0.25, 0.3) is 0 Å². The number of non-ortho nitro benzene ring substituents is 1. The van der Waals surface area contributed by atoms with Crippen LogP contribution in [0.2, 0.25) is 0 Å². The highest BCUT2D eigenvalue weighted by molar-refractivity contribution is 14.1. The molecule has 0 aliphatic heterocycles. The van der Waals surface area contributed by atoms with Gasteiger partial charge in [-0.2, -0.15) is 5.26 Å². The van der Waals surface area contributed by atoms with Gasteiger partial charge in [0.25, 0.3) is 5.69 Å². The van der Waals surface area contributed by atoms with Crippen molar-refractivity contribution in [1.82, 2.24) is 0 Å². The lowest BCUT2D eigenvalue weighted by Gasteiger charge is -2.04. The van der Waals surface area contributed by atoms with Crippen LogP contribution in [0.1, 0.15) is 5.56 Å². The highest BCUT2D eigenvalue weighted by atomic mass is 127. The van der Waals surface area contributed by atoms with E-state index in [1.165, 1.54) is 23.9 Å². The summed E-state index contributed by atoms with van der Waals surface area (Å²) in [7, 11) is 0. The summed E-state index contributed by atoms with van der Waals surface area (Å²) >= 11 is 3.69. The molecule has 19 heavy (non-hydrogen) atoms. The van der Waals surface area contributed by atoms with Crippen LogP contribution in [0.3, 0.4) is 0 Å². The minimum atomic E-state index is -0.417. The maximum atomic E-state index is 10.6. The third-order valence-corrected chi connectivity index (χ3v) is 4.68. The minimum absolute atomic E-state index is 0.0823. The third kappa shape index (κ3) is 3.45. The molecule has 0 unspecified atom stereocenters. The Hall–Kier alpha value is -1.59. The zero-order valence-electron chi connectivity index (χ0n) is 9.54. The van der Waals surface area contributed by atoms with Gasteiger partial charge in [-0.15, -0.1) is 0 Å². The van der Waals surface area contributed by atoms with Crippen molar-refractivity contribution in [3.05, 3.63) is 61.7 Å². The fraction of sp³-hybridized carbons (Fsp3) is 0. The van der Waals surface area contributed by atoms with E-state index in [1.807, 2.05) is 12.1 Å². The van der Waals surface area contributed by atoms with Gasteiger partial charge < -0.3 is 0 Å². The second-order valence-electron chi connectivity index (χ2n) is 3.61. The Kier molecular flexibility index (Phi) is 4.39. The van der Waals surface area contributed by atoms with Gasteiger partial charge in [0.2, 0.25) is 0 Å². The fourth-order valence-corrected chi connectivity index (χ4v) is 3.08. The van der Waals surface area contributed by atoms with Crippen molar-refractivity contribution >= 4 is 40.0 Å². The highest BCUT2D eigenvalue weighted by Crippen LogP contribution is 2.32. The Labute approximate surface area is 127 Å². The summed E-state index contributed by atoms with van der Waals surface area (Å²) in [5.41, 5.74) is 0.705. The van der Waals surface area contributed by atoms with E-state index in [9.17, 15) is 10.1 Å². The van der Waals surface area contributed by atoms with E-state index >= 15 is 0 Å². The zero-order valence-corrected chi connectivity index (χ0v) is 12.5. The van der Waals surface area contributed by atoms with Crippen LogP contribution in [0.4, 0.5) is 5.69 Å². The number of hydrogen-bond acceptors (Lipinski definition) is 4. The molecule has 2 aromatic carbocycles. The quantitative estimate of drug-likeness (QED) is 0.453. The summed E-state index contributed by atoms with van der Waals surface area (Å²) in [5, 5.41) is 19.4. The summed E-state index contributed by atoms with van der Waals surface area (Å²) in [6.45, 7) is 0. The van der Waals surface area contributed by atoms with Crippen LogP contribution in [-0.2, 0) is 0 Å². The molecule has 0 aromatic heterocycles. The minimum Gasteiger partial charge on any atom is -0.258 e. The Bertz CT molecular complexity index is 665. The van der Waals surface area contributed by atoms with Gasteiger partial charge in [-0.05, 0) is 52.9 Å². The third-order valence-electron chi connectivity index (χ3n) is 2.34. The van der Waals surface area contributed by atoms with Crippen molar-refractivity contribution in [2.75, 3.05) is 0 Å². The van der Waals surface area contributed by atoms with Crippen LogP contribution in [0, 0.1) is 25.0 Å². The molecule has 0 bridgehead atoms. The molecule has 0 saturated heterocycles. The molecule has 0 heterocycles. The molecule has 94 valence electrons. The van der Waals surface area contributed by atoms with Gasteiger partial charge in [0, 0.05) is 25.5 Å². The molecule has 2 aromatic rings. The molecule has 0 radical (unpaired) electrons. The van der Waals surface area contributed by atoms with Crippen molar-refractivity contribution in [2.45, 2.75) is 9.79 Å². The topological polar surface area (TPSA) is 66.9 Å². The standard InChI is InChI=1S/C13H7IN2O2S/c14-12-7-9(8-15)1-6-13(12)19-11-4-2-10(3-5-11)16(17)18/h1-7H. The van der Waals surface area contributed by atoms with Gasteiger partial charge in [-0.3, -0.25) is 10.1 Å². The normalized spacial score (nSPS) is 9.89. The maximum absolute atomic E-state index is 10.6. The summed E-state index contributed by atoms with van der Waals surface area (Å²) in [5.74, 6) is 0. The van der Waals surface area contributed by atoms with Crippen molar-refractivity contribution in [2.24, 2.45) is 0 Å². The van der Waals surface area contributed by atoms with E-state index in [0.29, 0.717) is 5.56 Å². The molecule has 0 fully saturated rings. The van der Waals surface area contributed by atoms with Gasteiger partial charge in [0.05, 0.1) is 16.6 Å². The van der Waals surface area contributed by atoms with Crippen molar-refractivity contribution < 1.29 is 4.92 Å². The Morgan fingerprint density at radius 1 is 1.21 bits per heavy atom. The summed E-state index contributed by atoms with van der Waals surface area (Å²) in [6, 6.07) is 14.0. The monoisotopic (exact) mass is 382 g/mol. The van der Waals surface area contributed by atoms with Gasteiger partial charge in [-0.25, -0.2) is 0 Å². The number of nitro groups is 1. The lowest BCUT2D eigenvalue weighted by atomic mass is 10.2. The molecule has 4 nitrogen and oxygen atoms in total. The molecule has 0 aliphatic carbocycles. The zero-order chi connectivity index (χ0) is 13.8. The first-order valence-corrected chi connectivity index (χ1v) is 7.11. The van der Waals surface area contributed by atoms with E-state index in [4.69, 9.17) is 5.26 Å². The van der Waals surface area contributed by atoms with Gasteiger partial charge in [0.1, 0.15) is 0 Å². The first-order chi connectivity index (χ1) is 9.10. The van der Waals surface area contributed by atoms with Crippen LogP contribution in [0.15, 0.2) is 52.3 Å². The van der Waals surface area contributed by atoms with E-state index in [0.717, 1.165) is 13.4 Å². The van der Waals surface area contributed by atoms with Crippen molar-refractivity contribution in [3.8, 4) is 6.07 Å². The average Bonchev–Trinajstić information content (AvgIpc) is 2.41. The van der Waals surface area contributed by atoms with Crippen LogP contribution >= 0.6 is 34.4 Å². The number of halogens is 1. The first kappa shape index (κ1) is 13.8. The predicted octanol–water partition coefficient (Wildman–Crippen LogP) is 4.22. The number of benzene rings is 2. The van der Waals surface area contributed by atoms with E-state index in [-0.39, 0.29) is 5.69 Å². The van der Waals surface area contributed by atoms with Crippen LogP contribution < -0.4 is 0 Å². The molecule has 0 amide bonds. The second-order valence-corrected chi connectivity index (χ2v) is 5.89. The predicted molar refractivity (Wildman–Crippen MR) is 81.1 cm³/mol. The lowest BCUT2D eigenvalue weighted by Crippen LogP contribution is -1.87. The van der Waals surface area contributed by atoms with E-state index in [1.54, 1.807) is 18.2 Å². The van der Waals surface area contributed by atoms with E-state index < -0.39 is 4.92 Å². The number of rotatable bonds is 3. The Morgan fingerprint density at radius 3 is 2.42 bits per heavy atom. The largest absolute Gasteiger partial charge is 0.269 e. The number of hydrogen-bond donors (Lipinski definition) is 0. The highest BCUT2D eigenvalue weighted by Gasteiger charge is 2.07. The molecular weight excluding hydrogens is 375 g/mol. The maximum Gasteiger partial charge on any atom is 0.269 e. The smallest absolute Gasteiger partial charge is 0.258 e. The van der Waals surface area contributed by atoms with Crippen molar-refractivity contribution in [1.29, 1.82) is 5.26 Å². The molecule has 2 rings (SSSR count). The Balaban J connectivity index is 2.22. The molecular formula is C13H7IN2O2S. The SMILES string of the molecule is N#Cc1ccc(Sc2ccc([N+](=O)[O-])cc2)c(I)c1. The summed E-state index contributed by atoms with van der Waals surface area (Å²) in [4.78, 5) is 12.1. The van der Waals surface area contributed by atoms with Gasteiger partial charge in [-0.1, -0.05) is 11.8 Å². The molecule has 0 N–H and O–H groups in total. The van der Waals surface area contributed by atoms with Crippen molar-refractivity contribution in [3.63, 3.8) is 0 Å². The fourth-order valence-electron chi connectivity index (χ4n) is 1.42. The molecule has 0 aliphatic rings. The number of nitriles is 1. The Morgan fingerprint density at radius 2 is 1.89 bits per heavy atom. The second kappa shape index (κ2) is 6.04. The molecule has 0 atom stereocenters. The van der Waals surface area contributed by atoms with Crippen LogP contribution in [-0.4, -0.2) is 4.92 Å². The lowest BCUT2D eigenvalue weighted by molar-refractivity contribution is -0.384. The van der Waals surface area contributed by atoms with Gasteiger partial charge >= 0.3 is 0 Å². The van der Waals surface area contributed by atoms with E-state index in [2.05, 4.69) is 28.7 Å². The average molecular weight is 382 g/mol. The number of nitro benzene ring substituents is 1. The molecule has 0 spiro atoms. The summed E-state index contributed by atoms with van der Waals surface area (Å²) < 4.78 is 0.986.